The Kier molecular flexibility index (Phi) is 5.91. The summed E-state index contributed by atoms with van der Waals surface area (Å²) in [4.78, 5) is 10.5. The van der Waals surface area contributed by atoms with E-state index < -0.39 is 24.6 Å². The van der Waals surface area contributed by atoms with Crippen molar-refractivity contribution in [1.29, 1.82) is 0 Å². The fraction of sp³-hybridized carbons (Fsp3) is 0.360. The fourth-order valence-electron chi connectivity index (χ4n) is 4.94. The van der Waals surface area contributed by atoms with Crippen molar-refractivity contribution in [1.82, 2.24) is 4.90 Å². The molecule has 1 aromatic rings. The molecule has 1 aromatic carbocycles. The maximum Gasteiger partial charge on any atom is 0.284 e. The van der Waals surface area contributed by atoms with Crippen LogP contribution in [0.5, 0.6) is 0 Å². The number of nitrogens with zero attached hydrogens (tertiary/aromatic N) is 3. The van der Waals surface area contributed by atoms with Gasteiger partial charge in [-0.3, -0.25) is 9.89 Å². The maximum absolute atomic E-state index is 14.2. The van der Waals surface area contributed by atoms with Crippen molar-refractivity contribution >= 4 is 35.0 Å². The third-order valence-corrected chi connectivity index (χ3v) is 7.07. The third-order valence-electron chi connectivity index (χ3n) is 6.57. The Balaban J connectivity index is 1.65. The van der Waals surface area contributed by atoms with Crippen LogP contribution in [0.4, 0.5) is 8.78 Å². The van der Waals surface area contributed by atoms with E-state index in [2.05, 4.69) is 4.99 Å². The Bertz CT molecular complexity index is 1200. The lowest BCUT2D eigenvalue weighted by Gasteiger charge is -2.37. The number of benzene rings is 1. The molecule has 178 valence electrons. The lowest BCUT2D eigenvalue weighted by Crippen LogP contribution is -2.53. The van der Waals surface area contributed by atoms with Crippen LogP contribution in [-0.4, -0.2) is 48.9 Å². The van der Waals surface area contributed by atoms with Gasteiger partial charge in [0.25, 0.3) is 5.92 Å². The average molecular weight is 505 g/mol. The average Bonchev–Trinajstić information content (AvgIpc) is 3.10. The van der Waals surface area contributed by atoms with E-state index in [1.54, 1.807) is 13.2 Å². The second-order valence-corrected chi connectivity index (χ2v) is 9.79. The first-order chi connectivity index (χ1) is 16.2. The number of fused-ring (bicyclic) bond motifs is 1. The number of allylic oxidation sites excluding steroid dienone is 4. The van der Waals surface area contributed by atoms with Crippen molar-refractivity contribution in [2.75, 3.05) is 20.2 Å². The van der Waals surface area contributed by atoms with Gasteiger partial charge in [-0.2, -0.15) is 0 Å². The molecule has 3 unspecified atom stereocenters. The van der Waals surface area contributed by atoms with Gasteiger partial charge < -0.3 is 10.5 Å². The van der Waals surface area contributed by atoms with E-state index in [0.717, 1.165) is 16.7 Å². The van der Waals surface area contributed by atoms with Crippen molar-refractivity contribution in [2.24, 2.45) is 15.7 Å². The number of aliphatic imine (C=N–C) groups is 2. The summed E-state index contributed by atoms with van der Waals surface area (Å²) in [6.45, 7) is -1.16. The number of amidine groups is 1. The molecule has 0 radical (unpaired) electrons. The third kappa shape index (κ3) is 4.00. The Hall–Kier alpha value is -2.48. The van der Waals surface area contributed by atoms with Crippen LogP contribution < -0.4 is 5.73 Å². The molecule has 0 saturated carbocycles. The van der Waals surface area contributed by atoms with Gasteiger partial charge in [0.1, 0.15) is 12.4 Å². The molecule has 5 nitrogen and oxygen atoms in total. The maximum atomic E-state index is 14.2. The van der Waals surface area contributed by atoms with Crippen molar-refractivity contribution < 1.29 is 13.5 Å². The largest absolute Gasteiger partial charge is 0.377 e. The zero-order chi connectivity index (χ0) is 24.1. The van der Waals surface area contributed by atoms with Crippen molar-refractivity contribution in [3.63, 3.8) is 0 Å². The minimum Gasteiger partial charge on any atom is -0.377 e. The van der Waals surface area contributed by atoms with Crippen LogP contribution in [-0.2, 0) is 10.3 Å². The number of hydrogen-bond donors (Lipinski definition) is 1. The predicted molar refractivity (Wildman–Crippen MR) is 132 cm³/mol. The topological polar surface area (TPSA) is 63.2 Å². The molecule has 0 fully saturated rings. The van der Waals surface area contributed by atoms with Crippen LogP contribution in [0.1, 0.15) is 29.9 Å². The van der Waals surface area contributed by atoms with Crippen LogP contribution in [0.3, 0.4) is 0 Å². The monoisotopic (exact) mass is 504 g/mol. The van der Waals surface area contributed by atoms with Crippen LogP contribution in [0.25, 0.3) is 0 Å². The van der Waals surface area contributed by atoms with E-state index in [1.165, 1.54) is 4.90 Å². The number of halogens is 4. The second-order valence-electron chi connectivity index (χ2n) is 8.87. The standard InChI is InChI=1S/C25H24Cl2F2N4O/c1-34-21-7-5-17(6-8-21)25(22-31-13-24(28,29)14-33(22)23(30)32-25)18-4-2-3-15(9-18)16-10-19(26)12-20(27)11-16/h2-7,9-10,12,16,21H,8,11,13-14H2,1H3,(H2,30,32). The summed E-state index contributed by atoms with van der Waals surface area (Å²) in [6, 6.07) is 7.88. The predicted octanol–water partition coefficient (Wildman–Crippen LogP) is 5.19. The van der Waals surface area contributed by atoms with E-state index in [0.29, 0.717) is 28.7 Å². The number of nitrogens with two attached hydrogens (primary N) is 1. The molecule has 2 heterocycles. The zero-order valence-corrected chi connectivity index (χ0v) is 20.0. The van der Waals surface area contributed by atoms with Gasteiger partial charge in [0.05, 0.1) is 12.6 Å². The highest BCUT2D eigenvalue weighted by Gasteiger charge is 2.54. The molecule has 0 spiro atoms. The van der Waals surface area contributed by atoms with Crippen LogP contribution in [0.2, 0.25) is 0 Å². The molecular formula is C25H24Cl2F2N4O. The Morgan fingerprint density at radius 3 is 2.79 bits per heavy atom. The number of alkyl halides is 2. The normalized spacial score (nSPS) is 30.1. The summed E-state index contributed by atoms with van der Waals surface area (Å²) in [6.07, 6.45) is 10.8. The molecule has 9 heteroatoms. The number of rotatable bonds is 4. The van der Waals surface area contributed by atoms with Crippen LogP contribution in [0.15, 0.2) is 80.3 Å². The highest BCUT2D eigenvalue weighted by Crippen LogP contribution is 2.46. The van der Waals surface area contributed by atoms with E-state index >= 15 is 0 Å². The smallest absolute Gasteiger partial charge is 0.284 e. The van der Waals surface area contributed by atoms with E-state index in [9.17, 15) is 8.78 Å². The quantitative estimate of drug-likeness (QED) is 0.613. The number of methoxy groups -OCH3 is 1. The summed E-state index contributed by atoms with van der Waals surface area (Å²) >= 11 is 12.6. The van der Waals surface area contributed by atoms with Gasteiger partial charge in [0, 0.05) is 23.1 Å². The Morgan fingerprint density at radius 1 is 1.26 bits per heavy atom. The Labute approximate surface area is 207 Å². The van der Waals surface area contributed by atoms with Gasteiger partial charge in [-0.1, -0.05) is 71.8 Å². The minimum atomic E-state index is -2.98. The number of ether oxygens (including phenoxy) is 1. The van der Waals surface area contributed by atoms with Gasteiger partial charge in [-0.25, -0.2) is 13.8 Å². The van der Waals surface area contributed by atoms with Crippen LogP contribution >= 0.6 is 23.2 Å². The van der Waals surface area contributed by atoms with Gasteiger partial charge in [0.2, 0.25) is 0 Å². The van der Waals surface area contributed by atoms with E-state index in [4.69, 9.17) is 38.7 Å². The summed E-state index contributed by atoms with van der Waals surface area (Å²) in [5.41, 5.74) is 7.71. The molecule has 0 amide bonds. The lowest BCUT2D eigenvalue weighted by atomic mass is 9.77. The molecule has 5 rings (SSSR count). The van der Waals surface area contributed by atoms with Gasteiger partial charge in [-0.15, -0.1) is 0 Å². The molecule has 0 saturated heterocycles. The summed E-state index contributed by atoms with van der Waals surface area (Å²) in [5, 5.41) is 1.26. The summed E-state index contributed by atoms with van der Waals surface area (Å²) in [7, 11) is 1.65. The number of guanidine groups is 1. The molecule has 0 bridgehead atoms. The van der Waals surface area contributed by atoms with Crippen molar-refractivity contribution in [2.45, 2.75) is 36.3 Å². The first-order valence-corrected chi connectivity index (χ1v) is 11.8. The van der Waals surface area contributed by atoms with E-state index in [-0.39, 0.29) is 18.0 Å². The summed E-state index contributed by atoms with van der Waals surface area (Å²) < 4.78 is 33.9. The van der Waals surface area contributed by atoms with Gasteiger partial charge in [-0.05, 0) is 35.6 Å². The molecule has 2 aliphatic carbocycles. The highest BCUT2D eigenvalue weighted by atomic mass is 35.5. The van der Waals surface area contributed by atoms with Crippen molar-refractivity contribution in [3.05, 3.63) is 81.4 Å². The molecule has 2 N–H and O–H groups in total. The first kappa shape index (κ1) is 23.3. The molecule has 0 aromatic heterocycles. The highest BCUT2D eigenvalue weighted by molar-refractivity contribution is 6.35. The van der Waals surface area contributed by atoms with E-state index in [1.807, 2.05) is 48.6 Å². The number of hydrogen-bond acceptors (Lipinski definition) is 5. The first-order valence-electron chi connectivity index (χ1n) is 11.0. The minimum absolute atomic E-state index is 0.0211. The lowest BCUT2D eigenvalue weighted by molar-refractivity contribution is -0.00437. The van der Waals surface area contributed by atoms with Gasteiger partial charge in [0.15, 0.2) is 11.5 Å². The van der Waals surface area contributed by atoms with Crippen molar-refractivity contribution in [3.8, 4) is 0 Å². The van der Waals surface area contributed by atoms with Crippen LogP contribution in [0, 0.1) is 0 Å². The zero-order valence-electron chi connectivity index (χ0n) is 18.5. The molecule has 4 aliphatic rings. The fourth-order valence-corrected chi connectivity index (χ4v) is 5.56. The molecule has 34 heavy (non-hydrogen) atoms. The Morgan fingerprint density at radius 2 is 2.09 bits per heavy atom. The SMILES string of the molecule is COC1C=CC(C2(c3cccc(C4C=C(Cl)C=C(Cl)C4)c3)N=C(N)N3CC(F)(F)CN=C32)=CC1. The van der Waals surface area contributed by atoms with Gasteiger partial charge >= 0.3 is 0 Å². The molecule has 2 aliphatic heterocycles. The molecule has 3 atom stereocenters. The summed E-state index contributed by atoms with van der Waals surface area (Å²) in [5.74, 6) is -2.56. The molecular weight excluding hydrogens is 481 g/mol. The second kappa shape index (κ2) is 8.63.